The zero-order valence-corrected chi connectivity index (χ0v) is 17.2. The molecule has 2 aliphatic heterocycles. The first-order valence-corrected chi connectivity index (χ1v) is 11.7. The average molecular weight is 435 g/mol. The maximum absolute atomic E-state index is 13.8. The van der Waals surface area contributed by atoms with Crippen LogP contribution in [0.4, 0.5) is 10.1 Å². The van der Waals surface area contributed by atoms with Crippen LogP contribution in [0.15, 0.2) is 53.5 Å². The highest BCUT2D eigenvalue weighted by Crippen LogP contribution is 2.41. The van der Waals surface area contributed by atoms with Crippen molar-refractivity contribution >= 4 is 38.4 Å². The lowest BCUT2D eigenvalue weighted by atomic mass is 10.1. The number of amidine groups is 1. The van der Waals surface area contributed by atoms with E-state index in [1.807, 2.05) is 12.1 Å². The van der Waals surface area contributed by atoms with Crippen LogP contribution in [0.2, 0.25) is 0 Å². The van der Waals surface area contributed by atoms with Crippen LogP contribution < -0.4 is 9.64 Å². The summed E-state index contributed by atoms with van der Waals surface area (Å²) in [5.41, 5.74) is 1.21. The quantitative estimate of drug-likeness (QED) is 0.737. The number of carbonyl (C=O) groups is 1. The third-order valence-corrected chi connectivity index (χ3v) is 8.12. The summed E-state index contributed by atoms with van der Waals surface area (Å²) >= 11 is 1.26. The number of carbonyl (C=O) groups excluding carboxylic acids is 1. The van der Waals surface area contributed by atoms with Crippen molar-refractivity contribution in [3.63, 3.8) is 0 Å². The summed E-state index contributed by atoms with van der Waals surface area (Å²) in [5, 5.41) is 0.168. The number of hydrogen-bond acceptors (Lipinski definition) is 5. The Morgan fingerprint density at radius 2 is 2.03 bits per heavy atom. The van der Waals surface area contributed by atoms with Gasteiger partial charge in [-0.2, -0.15) is 4.99 Å². The van der Waals surface area contributed by atoms with Crippen LogP contribution in [-0.2, 0) is 21.1 Å². The van der Waals surface area contributed by atoms with E-state index >= 15 is 0 Å². The minimum atomic E-state index is -3.18. The van der Waals surface area contributed by atoms with E-state index in [0.717, 1.165) is 0 Å². The van der Waals surface area contributed by atoms with Gasteiger partial charge in [-0.1, -0.05) is 36.0 Å². The third-order valence-electron chi connectivity index (χ3n) is 4.91. The number of hydrogen-bond donors (Lipinski definition) is 0. The fraction of sp³-hybridized carbons (Fsp3) is 0.300. The molecular weight excluding hydrogens is 415 g/mol. The van der Waals surface area contributed by atoms with E-state index in [1.165, 1.54) is 31.0 Å². The zero-order valence-electron chi connectivity index (χ0n) is 15.6. The molecule has 0 N–H and O–H groups in total. The monoisotopic (exact) mass is 434 g/mol. The van der Waals surface area contributed by atoms with Gasteiger partial charge in [0.1, 0.15) is 11.6 Å². The fourth-order valence-electron chi connectivity index (χ4n) is 3.65. The van der Waals surface area contributed by atoms with Gasteiger partial charge in [0.25, 0.3) is 5.91 Å². The van der Waals surface area contributed by atoms with E-state index in [4.69, 9.17) is 4.74 Å². The second kappa shape index (κ2) is 7.79. The second-order valence-corrected chi connectivity index (χ2v) is 10.3. The number of ether oxygens (including phenoxy) is 1. The molecule has 29 heavy (non-hydrogen) atoms. The van der Waals surface area contributed by atoms with Gasteiger partial charge in [0.15, 0.2) is 15.0 Å². The Bertz CT molecular complexity index is 1090. The maximum Gasteiger partial charge on any atom is 0.252 e. The first kappa shape index (κ1) is 19.9. The third kappa shape index (κ3) is 4.16. The summed E-state index contributed by atoms with van der Waals surface area (Å²) < 4.78 is 43.3. The van der Waals surface area contributed by atoms with Gasteiger partial charge in [0, 0.05) is 16.5 Å². The molecule has 6 nitrogen and oxygen atoms in total. The smallest absolute Gasteiger partial charge is 0.252 e. The molecule has 2 atom stereocenters. The topological polar surface area (TPSA) is 76.0 Å². The molecule has 2 heterocycles. The van der Waals surface area contributed by atoms with Crippen molar-refractivity contribution in [2.45, 2.75) is 17.7 Å². The molecule has 0 saturated carbocycles. The summed E-state index contributed by atoms with van der Waals surface area (Å²) in [5.74, 6) is -0.225. The van der Waals surface area contributed by atoms with Crippen LogP contribution in [-0.4, -0.2) is 49.4 Å². The van der Waals surface area contributed by atoms with E-state index in [1.54, 1.807) is 29.2 Å². The molecular formula is C20H19FN2O4S2. The number of para-hydroxylation sites is 1. The molecule has 2 fully saturated rings. The molecule has 2 saturated heterocycles. The molecule has 0 aromatic heterocycles. The summed E-state index contributed by atoms with van der Waals surface area (Å²) in [6.07, 6.45) is 0.0543. The Morgan fingerprint density at radius 3 is 2.79 bits per heavy atom. The van der Waals surface area contributed by atoms with Crippen LogP contribution in [0, 0.1) is 5.82 Å². The van der Waals surface area contributed by atoms with Crippen molar-refractivity contribution in [2.24, 2.45) is 4.99 Å². The molecule has 2 aromatic carbocycles. The molecule has 9 heteroatoms. The molecule has 0 unspecified atom stereocenters. The van der Waals surface area contributed by atoms with Gasteiger partial charge in [-0.05, 0) is 24.3 Å². The number of thioether (sulfide) groups is 1. The van der Waals surface area contributed by atoms with Crippen LogP contribution in [0.3, 0.4) is 0 Å². The Balaban J connectivity index is 1.65. The Kier molecular flexibility index (Phi) is 5.35. The highest BCUT2D eigenvalue weighted by atomic mass is 32.2. The van der Waals surface area contributed by atoms with E-state index in [9.17, 15) is 17.6 Å². The number of anilines is 1. The number of sulfone groups is 1. The lowest BCUT2D eigenvalue weighted by Crippen LogP contribution is -2.37. The predicted octanol–water partition coefficient (Wildman–Crippen LogP) is 2.68. The molecule has 0 bridgehead atoms. The maximum atomic E-state index is 13.8. The number of nitrogens with zero attached hydrogens (tertiary/aromatic N) is 2. The summed E-state index contributed by atoms with van der Waals surface area (Å²) in [4.78, 5) is 18.6. The van der Waals surface area contributed by atoms with E-state index in [-0.39, 0.29) is 35.1 Å². The number of rotatable bonds is 4. The highest BCUT2D eigenvalue weighted by molar-refractivity contribution is 8.16. The second-order valence-electron chi connectivity index (χ2n) is 6.93. The number of halogens is 1. The minimum Gasteiger partial charge on any atom is -0.496 e. The average Bonchev–Trinajstić information content (AvgIpc) is 3.12. The standard InChI is InChI=1S/C20H19FN2O4S2/c1-27-17-8-3-2-5-13(17)9-19(24)22-20-23(15-7-4-6-14(21)10-15)16-11-29(25,26)12-18(16)28-20/h2-8,10,16,18H,9,11-12H2,1H3/t16-,18-/m0/s1. The number of methoxy groups -OCH3 is 1. The minimum absolute atomic E-state index is 0.0217. The van der Waals surface area contributed by atoms with Crippen LogP contribution in [0.1, 0.15) is 5.56 Å². The molecule has 0 spiro atoms. The number of aliphatic imine (C=N–C) groups is 1. The first-order chi connectivity index (χ1) is 13.9. The molecule has 4 rings (SSSR count). The zero-order chi connectivity index (χ0) is 20.6. The number of amides is 1. The number of benzene rings is 2. The summed E-state index contributed by atoms with van der Waals surface area (Å²) in [7, 11) is -1.64. The lowest BCUT2D eigenvalue weighted by Gasteiger charge is -2.24. The fourth-order valence-corrected chi connectivity index (χ4v) is 7.58. The predicted molar refractivity (Wildman–Crippen MR) is 112 cm³/mol. The highest BCUT2D eigenvalue weighted by Gasteiger charge is 2.49. The van der Waals surface area contributed by atoms with Gasteiger partial charge in [0.2, 0.25) is 0 Å². The Hall–Kier alpha value is -2.39. The molecule has 0 radical (unpaired) electrons. The largest absolute Gasteiger partial charge is 0.496 e. The molecule has 2 aromatic rings. The van der Waals surface area contributed by atoms with Crippen LogP contribution >= 0.6 is 11.8 Å². The summed E-state index contributed by atoms with van der Waals surface area (Å²) in [6, 6.07) is 12.7. The van der Waals surface area contributed by atoms with Crippen molar-refractivity contribution in [2.75, 3.05) is 23.5 Å². The normalized spacial score (nSPS) is 23.9. The van der Waals surface area contributed by atoms with Gasteiger partial charge in [-0.25, -0.2) is 12.8 Å². The van der Waals surface area contributed by atoms with Crippen molar-refractivity contribution in [1.82, 2.24) is 0 Å². The van der Waals surface area contributed by atoms with Crippen molar-refractivity contribution < 1.29 is 22.3 Å². The van der Waals surface area contributed by atoms with Crippen LogP contribution in [0.5, 0.6) is 5.75 Å². The van der Waals surface area contributed by atoms with Crippen molar-refractivity contribution in [3.8, 4) is 5.75 Å². The van der Waals surface area contributed by atoms with Gasteiger partial charge < -0.3 is 9.64 Å². The Morgan fingerprint density at radius 1 is 1.24 bits per heavy atom. The molecule has 152 valence electrons. The first-order valence-electron chi connectivity index (χ1n) is 9.01. The Labute approximate surface area is 172 Å². The van der Waals surface area contributed by atoms with E-state index in [2.05, 4.69) is 4.99 Å². The molecule has 0 aliphatic carbocycles. The van der Waals surface area contributed by atoms with Crippen LogP contribution in [0.25, 0.3) is 0 Å². The van der Waals surface area contributed by atoms with Gasteiger partial charge >= 0.3 is 0 Å². The van der Waals surface area contributed by atoms with E-state index < -0.39 is 15.7 Å². The van der Waals surface area contributed by atoms with Crippen molar-refractivity contribution in [1.29, 1.82) is 0 Å². The van der Waals surface area contributed by atoms with Gasteiger partial charge in [0.05, 0.1) is 31.1 Å². The lowest BCUT2D eigenvalue weighted by molar-refractivity contribution is -0.117. The molecule has 2 aliphatic rings. The van der Waals surface area contributed by atoms with Crippen molar-refractivity contribution in [3.05, 3.63) is 59.9 Å². The van der Waals surface area contributed by atoms with Gasteiger partial charge in [-0.3, -0.25) is 4.79 Å². The SMILES string of the molecule is COc1ccccc1CC(=O)N=C1S[C@H]2CS(=O)(=O)C[C@@H]2N1c1cccc(F)c1. The molecule has 1 amide bonds. The van der Waals surface area contributed by atoms with Gasteiger partial charge in [-0.15, -0.1) is 0 Å². The summed E-state index contributed by atoms with van der Waals surface area (Å²) in [6.45, 7) is 0. The number of fused-ring (bicyclic) bond motifs is 1. The van der Waals surface area contributed by atoms with E-state index in [0.29, 0.717) is 22.2 Å².